The van der Waals surface area contributed by atoms with Gasteiger partial charge in [-0.3, -0.25) is 4.72 Å². The smallest absolute Gasteiger partial charge is 0.234 e. The molecule has 0 aromatic carbocycles. The molecule has 0 aliphatic carbocycles. The van der Waals surface area contributed by atoms with Crippen molar-refractivity contribution in [1.82, 2.24) is 10.2 Å². The summed E-state index contributed by atoms with van der Waals surface area (Å²) in [6.45, 7) is 1.80. The average Bonchev–Trinajstić information content (AvgIpc) is 2.38. The number of sulfonamides is 1. The highest BCUT2D eigenvalue weighted by Gasteiger charge is 2.09. The van der Waals surface area contributed by atoms with Gasteiger partial charge in [-0.25, -0.2) is 8.42 Å². The summed E-state index contributed by atoms with van der Waals surface area (Å²) in [6, 6.07) is 0. The molecule has 0 aliphatic rings. The Morgan fingerprint density at radius 1 is 1.67 bits per heavy atom. The van der Waals surface area contributed by atoms with Gasteiger partial charge in [-0.2, -0.15) is 0 Å². The second kappa shape index (κ2) is 3.81. The van der Waals surface area contributed by atoms with Gasteiger partial charge in [0.2, 0.25) is 15.2 Å². The van der Waals surface area contributed by atoms with E-state index in [4.69, 9.17) is 0 Å². The predicted octanol–water partition coefficient (Wildman–Crippen LogP) is 0.690. The fraction of sp³-hybridized carbons (Fsp3) is 0.600. The second-order valence-corrected chi connectivity index (χ2v) is 4.84. The van der Waals surface area contributed by atoms with Crippen LogP contribution in [0.5, 0.6) is 0 Å². The quantitative estimate of drug-likeness (QED) is 0.788. The number of hydrogen-bond acceptors (Lipinski definition) is 5. The highest BCUT2D eigenvalue weighted by Crippen LogP contribution is 2.10. The Hall–Kier alpha value is -0.690. The lowest BCUT2D eigenvalue weighted by Crippen LogP contribution is -2.15. The first kappa shape index (κ1) is 9.40. The van der Waals surface area contributed by atoms with Crippen molar-refractivity contribution < 1.29 is 8.42 Å². The molecule has 1 heterocycles. The summed E-state index contributed by atoms with van der Waals surface area (Å²) in [4.78, 5) is 0. The molecule has 1 aromatic heterocycles. The number of rotatable bonds is 4. The van der Waals surface area contributed by atoms with E-state index in [1.165, 1.54) is 5.51 Å². The monoisotopic (exact) mass is 207 g/mol. The van der Waals surface area contributed by atoms with Crippen LogP contribution in [0.15, 0.2) is 5.51 Å². The summed E-state index contributed by atoms with van der Waals surface area (Å²) in [5.74, 6) is 0.118. The molecule has 5 nitrogen and oxygen atoms in total. The van der Waals surface area contributed by atoms with Gasteiger partial charge in [0.15, 0.2) is 0 Å². The third kappa shape index (κ3) is 2.74. The molecule has 0 aliphatic heterocycles. The zero-order valence-corrected chi connectivity index (χ0v) is 8.15. The Morgan fingerprint density at radius 2 is 2.42 bits per heavy atom. The molecule has 0 fully saturated rings. The molecule has 0 unspecified atom stereocenters. The van der Waals surface area contributed by atoms with Gasteiger partial charge in [0.1, 0.15) is 5.51 Å². The minimum absolute atomic E-state index is 0.118. The number of nitrogens with one attached hydrogen (secondary N) is 1. The number of anilines is 1. The van der Waals surface area contributed by atoms with Crippen molar-refractivity contribution >= 4 is 26.5 Å². The van der Waals surface area contributed by atoms with Crippen LogP contribution in [0.4, 0.5) is 5.13 Å². The number of nitrogens with zero attached hydrogens (tertiary/aromatic N) is 2. The zero-order valence-electron chi connectivity index (χ0n) is 6.52. The third-order valence-electron chi connectivity index (χ3n) is 1.08. The van der Waals surface area contributed by atoms with Gasteiger partial charge in [-0.05, 0) is 6.42 Å². The highest BCUT2D eigenvalue weighted by molar-refractivity contribution is 7.92. The number of hydrogen-bond donors (Lipinski definition) is 1. The van der Waals surface area contributed by atoms with Crippen LogP contribution in [0.3, 0.4) is 0 Å². The van der Waals surface area contributed by atoms with Crippen molar-refractivity contribution in [3.8, 4) is 0 Å². The lowest BCUT2D eigenvalue weighted by atomic mass is 10.6. The van der Waals surface area contributed by atoms with E-state index in [9.17, 15) is 8.42 Å². The van der Waals surface area contributed by atoms with Crippen molar-refractivity contribution in [2.75, 3.05) is 10.5 Å². The van der Waals surface area contributed by atoms with Crippen LogP contribution in [0.1, 0.15) is 13.3 Å². The molecule has 7 heteroatoms. The fourth-order valence-electron chi connectivity index (χ4n) is 0.670. The molecule has 0 spiro atoms. The van der Waals surface area contributed by atoms with E-state index >= 15 is 0 Å². The van der Waals surface area contributed by atoms with Crippen molar-refractivity contribution in [2.24, 2.45) is 0 Å². The first-order chi connectivity index (χ1) is 5.64. The summed E-state index contributed by atoms with van der Waals surface area (Å²) in [5.41, 5.74) is 1.48. The Balaban J connectivity index is 2.63. The molecule has 1 N–H and O–H groups in total. The minimum Gasteiger partial charge on any atom is -0.257 e. The van der Waals surface area contributed by atoms with Crippen molar-refractivity contribution in [3.05, 3.63) is 5.51 Å². The van der Waals surface area contributed by atoms with Crippen LogP contribution >= 0.6 is 11.3 Å². The van der Waals surface area contributed by atoms with E-state index in [2.05, 4.69) is 14.9 Å². The molecular weight excluding hydrogens is 198 g/mol. The van der Waals surface area contributed by atoms with Crippen molar-refractivity contribution in [1.29, 1.82) is 0 Å². The van der Waals surface area contributed by atoms with Gasteiger partial charge in [0, 0.05) is 0 Å². The van der Waals surface area contributed by atoms with E-state index in [1.54, 1.807) is 6.92 Å². The predicted molar refractivity (Wildman–Crippen MR) is 47.6 cm³/mol. The molecule has 0 saturated heterocycles. The molecule has 0 amide bonds. The first-order valence-corrected chi connectivity index (χ1v) is 5.94. The van der Waals surface area contributed by atoms with E-state index in [1.807, 2.05) is 0 Å². The molecule has 0 atom stereocenters. The van der Waals surface area contributed by atoms with Gasteiger partial charge in [0.25, 0.3) is 0 Å². The summed E-state index contributed by atoms with van der Waals surface area (Å²) >= 11 is 1.16. The van der Waals surface area contributed by atoms with Gasteiger partial charge in [-0.15, -0.1) is 10.2 Å². The molecule has 1 rings (SSSR count). The maximum Gasteiger partial charge on any atom is 0.234 e. The maximum atomic E-state index is 11.1. The molecule has 12 heavy (non-hydrogen) atoms. The highest BCUT2D eigenvalue weighted by atomic mass is 32.2. The number of aromatic nitrogens is 2. The second-order valence-electron chi connectivity index (χ2n) is 2.16. The van der Waals surface area contributed by atoms with E-state index in [0.717, 1.165) is 11.3 Å². The van der Waals surface area contributed by atoms with Crippen molar-refractivity contribution in [2.45, 2.75) is 13.3 Å². The SMILES string of the molecule is CCCS(=O)(=O)Nc1nncs1. The Bertz CT molecular complexity index is 318. The minimum atomic E-state index is -3.20. The van der Waals surface area contributed by atoms with Crippen LogP contribution in [0, 0.1) is 0 Å². The molecule has 1 aromatic rings. The molecule has 0 saturated carbocycles. The van der Waals surface area contributed by atoms with Gasteiger partial charge in [0.05, 0.1) is 5.75 Å². The Morgan fingerprint density at radius 3 is 2.92 bits per heavy atom. The normalized spacial score (nSPS) is 11.4. The molecule has 0 radical (unpaired) electrons. The maximum absolute atomic E-state index is 11.1. The van der Waals surface area contributed by atoms with Crippen LogP contribution < -0.4 is 4.72 Å². The Labute approximate surface area is 74.9 Å². The van der Waals surface area contributed by atoms with Crippen molar-refractivity contribution in [3.63, 3.8) is 0 Å². The molecule has 0 bridgehead atoms. The summed E-state index contributed by atoms with van der Waals surface area (Å²) in [5, 5.41) is 7.39. The van der Waals surface area contributed by atoms with Crippen LogP contribution in [-0.2, 0) is 10.0 Å². The van der Waals surface area contributed by atoms with Crippen LogP contribution in [0.25, 0.3) is 0 Å². The lowest BCUT2D eigenvalue weighted by molar-refractivity contribution is 0.600. The lowest BCUT2D eigenvalue weighted by Gasteiger charge is -2.00. The summed E-state index contributed by atoms with van der Waals surface area (Å²) < 4.78 is 24.6. The van der Waals surface area contributed by atoms with E-state index < -0.39 is 10.0 Å². The fourth-order valence-corrected chi connectivity index (χ4v) is 2.48. The van der Waals surface area contributed by atoms with Crippen LogP contribution in [0.2, 0.25) is 0 Å². The standard InChI is InChI=1S/C5H9N3O2S2/c1-2-3-12(9,10)8-5-7-6-4-11-5/h4H,2-3H2,1H3,(H,7,8). The summed E-state index contributed by atoms with van der Waals surface area (Å²) in [7, 11) is -3.20. The van der Waals surface area contributed by atoms with Gasteiger partial charge < -0.3 is 0 Å². The zero-order chi connectivity index (χ0) is 9.03. The average molecular weight is 207 g/mol. The third-order valence-corrected chi connectivity index (χ3v) is 3.26. The topological polar surface area (TPSA) is 72.0 Å². The Kier molecular flexibility index (Phi) is 2.99. The van der Waals surface area contributed by atoms with Gasteiger partial charge >= 0.3 is 0 Å². The van der Waals surface area contributed by atoms with E-state index in [-0.39, 0.29) is 5.75 Å². The summed E-state index contributed by atoms with van der Waals surface area (Å²) in [6.07, 6.45) is 0.591. The first-order valence-electron chi connectivity index (χ1n) is 3.40. The molecule has 68 valence electrons. The van der Waals surface area contributed by atoms with Gasteiger partial charge in [-0.1, -0.05) is 18.3 Å². The molecular formula is C5H9N3O2S2. The van der Waals surface area contributed by atoms with E-state index in [0.29, 0.717) is 11.6 Å². The van der Waals surface area contributed by atoms with Crippen LogP contribution in [-0.4, -0.2) is 24.4 Å². The largest absolute Gasteiger partial charge is 0.257 e.